The molecule has 0 bridgehead atoms. The maximum atomic E-state index is 12.2. The second-order valence-electron chi connectivity index (χ2n) is 8.31. The van der Waals surface area contributed by atoms with Gasteiger partial charge < -0.3 is 4.90 Å². The molecule has 1 aliphatic rings. The smallest absolute Gasteiger partial charge is 0.222 e. The molecule has 118 valence electrons. The lowest BCUT2D eigenvalue weighted by Crippen LogP contribution is -2.54. The van der Waals surface area contributed by atoms with Gasteiger partial charge in [0.1, 0.15) is 0 Å². The van der Waals surface area contributed by atoms with Crippen molar-refractivity contribution in [3.63, 3.8) is 0 Å². The van der Waals surface area contributed by atoms with Crippen LogP contribution in [0.1, 0.15) is 67.2 Å². The third-order valence-electron chi connectivity index (χ3n) is 4.15. The van der Waals surface area contributed by atoms with Gasteiger partial charge in [-0.3, -0.25) is 9.69 Å². The molecule has 1 amide bonds. The molecule has 0 aromatic rings. The molecule has 1 fully saturated rings. The molecule has 3 heteroatoms. The van der Waals surface area contributed by atoms with E-state index in [0.29, 0.717) is 11.3 Å². The molecular formula is C17H34N2O. The minimum atomic E-state index is 0.224. The molecule has 0 atom stereocenters. The van der Waals surface area contributed by atoms with Gasteiger partial charge in [-0.25, -0.2) is 0 Å². The lowest BCUT2D eigenvalue weighted by atomic mass is 9.89. The van der Waals surface area contributed by atoms with Crippen LogP contribution >= 0.6 is 0 Å². The molecule has 0 spiro atoms. The van der Waals surface area contributed by atoms with Crippen molar-refractivity contribution in [2.24, 2.45) is 5.41 Å². The maximum Gasteiger partial charge on any atom is 0.222 e. The van der Waals surface area contributed by atoms with Gasteiger partial charge >= 0.3 is 0 Å². The summed E-state index contributed by atoms with van der Waals surface area (Å²) in [5.41, 5.74) is 0.614. The summed E-state index contributed by atoms with van der Waals surface area (Å²) >= 11 is 0. The Hall–Kier alpha value is -0.570. The molecule has 0 saturated carbocycles. The van der Waals surface area contributed by atoms with E-state index >= 15 is 0 Å². The predicted octanol–water partition coefficient (Wildman–Crippen LogP) is 3.54. The molecule has 1 aliphatic heterocycles. The van der Waals surface area contributed by atoms with Gasteiger partial charge in [0, 0.05) is 38.1 Å². The zero-order valence-electron chi connectivity index (χ0n) is 14.5. The fourth-order valence-corrected chi connectivity index (χ4v) is 2.72. The maximum absolute atomic E-state index is 12.2. The van der Waals surface area contributed by atoms with Crippen molar-refractivity contribution >= 4 is 5.91 Å². The van der Waals surface area contributed by atoms with E-state index in [2.05, 4.69) is 51.3 Å². The van der Waals surface area contributed by atoms with Gasteiger partial charge in [-0.1, -0.05) is 27.2 Å². The first kappa shape index (κ1) is 17.5. The van der Waals surface area contributed by atoms with Crippen LogP contribution in [0.2, 0.25) is 0 Å². The predicted molar refractivity (Wildman–Crippen MR) is 85.8 cm³/mol. The number of piperazine rings is 1. The van der Waals surface area contributed by atoms with Crippen LogP contribution in [0.5, 0.6) is 0 Å². The molecule has 0 unspecified atom stereocenters. The van der Waals surface area contributed by atoms with E-state index in [0.717, 1.165) is 45.4 Å². The van der Waals surface area contributed by atoms with Crippen molar-refractivity contribution < 1.29 is 4.79 Å². The number of carbonyl (C=O) groups is 1. The summed E-state index contributed by atoms with van der Waals surface area (Å²) in [6.07, 6.45) is 4.14. The van der Waals surface area contributed by atoms with Crippen LogP contribution in [0.15, 0.2) is 0 Å². The summed E-state index contributed by atoms with van der Waals surface area (Å²) in [5.74, 6) is 0.354. The number of nitrogens with zero attached hydrogens (tertiary/aromatic N) is 2. The van der Waals surface area contributed by atoms with Gasteiger partial charge in [-0.05, 0) is 39.0 Å². The van der Waals surface area contributed by atoms with Crippen molar-refractivity contribution in [3.05, 3.63) is 0 Å². The molecule has 1 heterocycles. The average Bonchev–Trinajstić information content (AvgIpc) is 2.32. The highest BCUT2D eigenvalue weighted by atomic mass is 16.2. The molecule has 0 N–H and O–H groups in total. The molecule has 1 saturated heterocycles. The summed E-state index contributed by atoms with van der Waals surface area (Å²) in [4.78, 5) is 16.7. The largest absolute Gasteiger partial charge is 0.340 e. The number of hydrogen-bond acceptors (Lipinski definition) is 2. The van der Waals surface area contributed by atoms with E-state index < -0.39 is 0 Å². The van der Waals surface area contributed by atoms with E-state index in [1.54, 1.807) is 0 Å². The molecule has 0 radical (unpaired) electrons. The lowest BCUT2D eigenvalue weighted by molar-refractivity contribution is -0.133. The second-order valence-corrected chi connectivity index (χ2v) is 8.31. The Labute approximate surface area is 125 Å². The van der Waals surface area contributed by atoms with Gasteiger partial charge in [0.2, 0.25) is 5.91 Å². The number of carbonyl (C=O) groups excluding carboxylic acids is 1. The highest BCUT2D eigenvalue weighted by Crippen LogP contribution is 2.22. The Morgan fingerprint density at radius 2 is 1.45 bits per heavy atom. The van der Waals surface area contributed by atoms with Crippen LogP contribution in [0.3, 0.4) is 0 Å². The summed E-state index contributed by atoms with van der Waals surface area (Å²) in [5, 5.41) is 0. The van der Waals surface area contributed by atoms with Crippen molar-refractivity contribution in [1.82, 2.24) is 9.80 Å². The van der Waals surface area contributed by atoms with Crippen molar-refractivity contribution in [2.75, 3.05) is 26.2 Å². The van der Waals surface area contributed by atoms with E-state index in [1.807, 2.05) is 0 Å². The van der Waals surface area contributed by atoms with E-state index in [9.17, 15) is 4.79 Å². The highest BCUT2D eigenvalue weighted by Gasteiger charge is 2.27. The van der Waals surface area contributed by atoms with E-state index in [-0.39, 0.29) is 5.54 Å². The topological polar surface area (TPSA) is 23.6 Å². The first-order valence-electron chi connectivity index (χ1n) is 8.12. The zero-order valence-corrected chi connectivity index (χ0v) is 14.5. The molecule has 0 aromatic heterocycles. The first-order chi connectivity index (χ1) is 9.09. The molecule has 20 heavy (non-hydrogen) atoms. The van der Waals surface area contributed by atoms with Gasteiger partial charge in [-0.2, -0.15) is 0 Å². The number of amides is 1. The number of hydrogen-bond donors (Lipinski definition) is 0. The van der Waals surface area contributed by atoms with Gasteiger partial charge in [0.05, 0.1) is 0 Å². The second kappa shape index (κ2) is 6.93. The van der Waals surface area contributed by atoms with Crippen LogP contribution in [0.25, 0.3) is 0 Å². The Morgan fingerprint density at radius 1 is 0.900 bits per heavy atom. The van der Waals surface area contributed by atoms with Gasteiger partial charge in [0.25, 0.3) is 0 Å². The van der Waals surface area contributed by atoms with Gasteiger partial charge in [-0.15, -0.1) is 0 Å². The lowest BCUT2D eigenvalue weighted by Gasteiger charge is -2.42. The Morgan fingerprint density at radius 3 is 1.90 bits per heavy atom. The average molecular weight is 282 g/mol. The monoisotopic (exact) mass is 282 g/mol. The van der Waals surface area contributed by atoms with Crippen molar-refractivity contribution in [1.29, 1.82) is 0 Å². The molecule has 3 nitrogen and oxygen atoms in total. The summed E-state index contributed by atoms with van der Waals surface area (Å²) in [6.45, 7) is 17.4. The van der Waals surface area contributed by atoms with Crippen LogP contribution in [0, 0.1) is 5.41 Å². The summed E-state index contributed by atoms with van der Waals surface area (Å²) in [6, 6.07) is 0. The summed E-state index contributed by atoms with van der Waals surface area (Å²) < 4.78 is 0. The fraction of sp³-hybridized carbons (Fsp3) is 0.941. The van der Waals surface area contributed by atoms with Crippen LogP contribution in [0.4, 0.5) is 0 Å². The van der Waals surface area contributed by atoms with E-state index in [1.165, 1.54) is 6.42 Å². The molecule has 1 rings (SSSR count). The quantitative estimate of drug-likeness (QED) is 0.736. The minimum Gasteiger partial charge on any atom is -0.340 e. The van der Waals surface area contributed by atoms with Crippen molar-refractivity contribution in [3.8, 4) is 0 Å². The number of unbranched alkanes of at least 4 members (excludes halogenated alkanes) is 1. The van der Waals surface area contributed by atoms with Crippen LogP contribution in [-0.2, 0) is 4.79 Å². The third kappa shape index (κ3) is 6.25. The Bertz CT molecular complexity index is 304. The SMILES string of the molecule is CC(C)(C)CCCCC(=O)N1CCN(C(C)(C)C)CC1. The first-order valence-corrected chi connectivity index (χ1v) is 8.12. The number of rotatable bonds is 4. The third-order valence-corrected chi connectivity index (χ3v) is 4.15. The normalized spacial score (nSPS) is 18.4. The zero-order chi connectivity index (χ0) is 15.4. The fourth-order valence-electron chi connectivity index (χ4n) is 2.72. The van der Waals surface area contributed by atoms with Gasteiger partial charge in [0.15, 0.2) is 0 Å². The van der Waals surface area contributed by atoms with Crippen LogP contribution in [-0.4, -0.2) is 47.4 Å². The Kier molecular flexibility index (Phi) is 6.06. The van der Waals surface area contributed by atoms with Crippen LogP contribution < -0.4 is 0 Å². The molecular weight excluding hydrogens is 248 g/mol. The minimum absolute atomic E-state index is 0.224. The molecule has 0 aromatic carbocycles. The van der Waals surface area contributed by atoms with E-state index in [4.69, 9.17) is 0 Å². The van der Waals surface area contributed by atoms with Crippen molar-refractivity contribution in [2.45, 2.75) is 72.8 Å². The summed E-state index contributed by atoms with van der Waals surface area (Å²) in [7, 11) is 0. The molecule has 0 aliphatic carbocycles. The standard InChI is InChI=1S/C17H34N2O/c1-16(2,3)10-8-7-9-15(20)18-11-13-19(14-12-18)17(4,5)6/h7-14H2,1-6H3. The highest BCUT2D eigenvalue weighted by molar-refractivity contribution is 5.76. The Balaban J connectivity index is 2.23.